The molecule has 1 aromatic heterocycles. The maximum atomic E-state index is 11.0. The van der Waals surface area contributed by atoms with Crippen LogP contribution in [-0.2, 0) is 0 Å². The van der Waals surface area contributed by atoms with Crippen LogP contribution in [0.3, 0.4) is 0 Å². The van der Waals surface area contributed by atoms with E-state index in [1.807, 2.05) is 19.9 Å². The Hall–Kier alpha value is -2.44. The maximum absolute atomic E-state index is 11.0. The number of carbonyl (C=O) groups is 1. The van der Waals surface area contributed by atoms with Crippen molar-refractivity contribution in [2.75, 3.05) is 7.11 Å². The molecule has 100 valence electrons. The first kappa shape index (κ1) is 13.0. The molecule has 0 aliphatic rings. The number of aromatic nitrogens is 4. The molecule has 1 N–H and O–H groups in total. The molecule has 0 aliphatic heterocycles. The largest absolute Gasteiger partial charge is 0.496 e. The van der Waals surface area contributed by atoms with Crippen LogP contribution in [0.2, 0.25) is 0 Å². The molecule has 0 radical (unpaired) electrons. The Labute approximate surface area is 109 Å². The molecular weight excluding hydrogens is 248 g/mol. The zero-order valence-corrected chi connectivity index (χ0v) is 10.9. The molecule has 2 rings (SSSR count). The van der Waals surface area contributed by atoms with E-state index in [1.165, 1.54) is 4.68 Å². The van der Waals surface area contributed by atoms with Crippen molar-refractivity contribution in [3.8, 4) is 11.4 Å². The number of hydrogen-bond donors (Lipinski definition) is 1. The summed E-state index contributed by atoms with van der Waals surface area (Å²) < 4.78 is 6.47. The highest BCUT2D eigenvalue weighted by Crippen LogP contribution is 2.28. The number of aromatic carboxylic acids is 1. The number of carboxylic acids is 1. The second-order valence-electron chi connectivity index (χ2n) is 4.30. The van der Waals surface area contributed by atoms with Gasteiger partial charge in [0.25, 0.3) is 5.82 Å². The van der Waals surface area contributed by atoms with Crippen molar-refractivity contribution in [3.05, 3.63) is 29.6 Å². The molecule has 0 atom stereocenters. The molecular formula is C12H14N4O3. The van der Waals surface area contributed by atoms with Crippen molar-refractivity contribution in [1.29, 1.82) is 0 Å². The van der Waals surface area contributed by atoms with Gasteiger partial charge in [-0.3, -0.25) is 0 Å². The summed E-state index contributed by atoms with van der Waals surface area (Å²) in [7, 11) is 1.60. The third-order valence-corrected chi connectivity index (χ3v) is 2.74. The lowest BCUT2D eigenvalue weighted by Gasteiger charge is -2.13. The van der Waals surface area contributed by atoms with Gasteiger partial charge in [0.15, 0.2) is 0 Å². The molecule has 1 heterocycles. The molecule has 0 aliphatic carbocycles. The Bertz CT molecular complexity index is 607. The quantitative estimate of drug-likeness (QED) is 0.897. The first-order valence-corrected chi connectivity index (χ1v) is 5.74. The summed E-state index contributed by atoms with van der Waals surface area (Å²) >= 11 is 0. The SMILES string of the molecule is COc1ccc(-n2nnnc2C(=O)O)cc1C(C)C. The lowest BCUT2D eigenvalue weighted by Crippen LogP contribution is -2.10. The van der Waals surface area contributed by atoms with Crippen molar-refractivity contribution in [3.63, 3.8) is 0 Å². The highest BCUT2D eigenvalue weighted by atomic mass is 16.5. The predicted octanol–water partition coefficient (Wildman–Crippen LogP) is 1.49. The number of benzene rings is 1. The van der Waals surface area contributed by atoms with Gasteiger partial charge in [0.05, 0.1) is 12.8 Å². The summed E-state index contributed by atoms with van der Waals surface area (Å²) in [5.41, 5.74) is 1.55. The second-order valence-corrected chi connectivity index (χ2v) is 4.30. The zero-order chi connectivity index (χ0) is 14.0. The van der Waals surface area contributed by atoms with Gasteiger partial charge >= 0.3 is 5.97 Å². The van der Waals surface area contributed by atoms with Gasteiger partial charge < -0.3 is 9.84 Å². The molecule has 0 spiro atoms. The minimum absolute atomic E-state index is 0.222. The van der Waals surface area contributed by atoms with Crippen LogP contribution < -0.4 is 4.74 Å². The van der Waals surface area contributed by atoms with Gasteiger partial charge in [-0.15, -0.1) is 5.10 Å². The van der Waals surface area contributed by atoms with E-state index in [9.17, 15) is 4.79 Å². The van der Waals surface area contributed by atoms with E-state index >= 15 is 0 Å². The minimum Gasteiger partial charge on any atom is -0.496 e. The number of methoxy groups -OCH3 is 1. The van der Waals surface area contributed by atoms with Gasteiger partial charge in [-0.25, -0.2) is 4.79 Å². The fraction of sp³-hybridized carbons (Fsp3) is 0.333. The van der Waals surface area contributed by atoms with E-state index < -0.39 is 5.97 Å². The fourth-order valence-corrected chi connectivity index (χ4v) is 1.80. The van der Waals surface area contributed by atoms with Crippen LogP contribution in [0, 0.1) is 0 Å². The topological polar surface area (TPSA) is 90.1 Å². The number of hydrogen-bond acceptors (Lipinski definition) is 5. The first-order valence-electron chi connectivity index (χ1n) is 5.74. The monoisotopic (exact) mass is 262 g/mol. The molecule has 7 heteroatoms. The summed E-state index contributed by atoms with van der Waals surface area (Å²) in [5, 5.41) is 19.6. The standard InChI is InChI=1S/C12H14N4O3/c1-7(2)9-6-8(4-5-10(9)19-3)16-11(12(17)18)13-14-15-16/h4-7H,1-3H3,(H,17,18). The van der Waals surface area contributed by atoms with E-state index in [0.29, 0.717) is 5.69 Å². The van der Waals surface area contributed by atoms with E-state index in [2.05, 4.69) is 15.5 Å². The van der Waals surface area contributed by atoms with E-state index in [1.54, 1.807) is 19.2 Å². The van der Waals surface area contributed by atoms with Crippen LogP contribution in [-0.4, -0.2) is 38.4 Å². The molecule has 2 aromatic rings. The summed E-state index contributed by atoms with van der Waals surface area (Å²) in [5.74, 6) is -0.407. The van der Waals surface area contributed by atoms with Gasteiger partial charge in [-0.1, -0.05) is 13.8 Å². The summed E-state index contributed by atoms with van der Waals surface area (Å²) in [6.07, 6.45) is 0. The normalized spacial score (nSPS) is 10.7. The maximum Gasteiger partial charge on any atom is 0.376 e. The Kier molecular flexibility index (Phi) is 3.46. The molecule has 0 fully saturated rings. The lowest BCUT2D eigenvalue weighted by atomic mass is 10.0. The molecule has 1 aromatic carbocycles. The summed E-state index contributed by atoms with van der Waals surface area (Å²) in [4.78, 5) is 11.0. The molecule has 0 bridgehead atoms. The van der Waals surface area contributed by atoms with Gasteiger partial charge in [0.1, 0.15) is 5.75 Å². The van der Waals surface area contributed by atoms with Crippen LogP contribution in [0.5, 0.6) is 5.75 Å². The lowest BCUT2D eigenvalue weighted by molar-refractivity contribution is 0.0680. The van der Waals surface area contributed by atoms with Crippen molar-refractivity contribution < 1.29 is 14.6 Å². The van der Waals surface area contributed by atoms with Crippen molar-refractivity contribution in [1.82, 2.24) is 20.2 Å². The highest BCUT2D eigenvalue weighted by molar-refractivity contribution is 5.83. The van der Waals surface area contributed by atoms with E-state index in [-0.39, 0.29) is 11.7 Å². The Balaban J connectivity index is 2.54. The number of nitrogens with zero attached hydrogens (tertiary/aromatic N) is 4. The first-order chi connectivity index (χ1) is 9.04. The average molecular weight is 262 g/mol. The van der Waals surface area contributed by atoms with Crippen LogP contribution in [0.25, 0.3) is 5.69 Å². The van der Waals surface area contributed by atoms with Gasteiger partial charge in [0.2, 0.25) is 0 Å². The zero-order valence-electron chi connectivity index (χ0n) is 10.9. The van der Waals surface area contributed by atoms with Gasteiger partial charge in [-0.05, 0) is 40.1 Å². The summed E-state index contributed by atoms with van der Waals surface area (Å²) in [6.45, 7) is 4.05. The molecule has 0 saturated heterocycles. The smallest absolute Gasteiger partial charge is 0.376 e. The van der Waals surface area contributed by atoms with Crippen LogP contribution in [0.1, 0.15) is 35.9 Å². The van der Waals surface area contributed by atoms with Gasteiger partial charge in [-0.2, -0.15) is 4.68 Å². The van der Waals surface area contributed by atoms with Crippen molar-refractivity contribution in [2.24, 2.45) is 0 Å². The highest BCUT2D eigenvalue weighted by Gasteiger charge is 2.17. The van der Waals surface area contributed by atoms with Crippen LogP contribution in [0.15, 0.2) is 18.2 Å². The second kappa shape index (κ2) is 5.05. The van der Waals surface area contributed by atoms with E-state index in [4.69, 9.17) is 9.84 Å². The van der Waals surface area contributed by atoms with Crippen molar-refractivity contribution in [2.45, 2.75) is 19.8 Å². The molecule has 19 heavy (non-hydrogen) atoms. The number of ether oxygens (including phenoxy) is 1. The Morgan fingerprint density at radius 3 is 2.74 bits per heavy atom. The van der Waals surface area contributed by atoms with Gasteiger partial charge in [0, 0.05) is 0 Å². The molecule has 0 saturated carbocycles. The molecule has 0 unspecified atom stereocenters. The number of carboxylic acid groups (broad SMARTS) is 1. The Morgan fingerprint density at radius 2 is 2.16 bits per heavy atom. The summed E-state index contributed by atoms with van der Waals surface area (Å²) in [6, 6.07) is 5.32. The predicted molar refractivity (Wildman–Crippen MR) is 66.8 cm³/mol. The third-order valence-electron chi connectivity index (χ3n) is 2.74. The van der Waals surface area contributed by atoms with E-state index in [0.717, 1.165) is 11.3 Å². The Morgan fingerprint density at radius 1 is 1.42 bits per heavy atom. The average Bonchev–Trinajstić information content (AvgIpc) is 2.87. The van der Waals surface area contributed by atoms with Crippen LogP contribution >= 0.6 is 0 Å². The number of tetrazole rings is 1. The van der Waals surface area contributed by atoms with Crippen molar-refractivity contribution >= 4 is 5.97 Å². The molecule has 7 nitrogen and oxygen atoms in total. The third kappa shape index (κ3) is 2.40. The minimum atomic E-state index is -1.17. The molecule has 0 amide bonds. The fourth-order valence-electron chi connectivity index (χ4n) is 1.80. The number of rotatable bonds is 4. The van der Waals surface area contributed by atoms with Crippen LogP contribution in [0.4, 0.5) is 0 Å².